The Labute approximate surface area is 117 Å². The third-order valence-corrected chi connectivity index (χ3v) is 4.28. The summed E-state index contributed by atoms with van der Waals surface area (Å²) in [6.07, 6.45) is 0.471. The van der Waals surface area contributed by atoms with Crippen molar-refractivity contribution in [2.45, 2.75) is 17.9 Å². The van der Waals surface area contributed by atoms with Crippen LogP contribution in [0.3, 0.4) is 0 Å². The standard InChI is InChI=1S/C13H16N2O4S/c1-9-5-10-3-2-4-12(13(10)14-6-9)20(18,19)15-7-11(17)8-16/h2-6,11,15-17H,7-8H2,1H3. The fraction of sp³-hybridized carbons (Fsp3) is 0.308. The van der Waals surface area contributed by atoms with Crippen molar-refractivity contribution in [2.24, 2.45) is 0 Å². The van der Waals surface area contributed by atoms with Crippen LogP contribution in [0.5, 0.6) is 0 Å². The summed E-state index contributed by atoms with van der Waals surface area (Å²) in [6.45, 7) is 1.13. The van der Waals surface area contributed by atoms with Gasteiger partial charge in [0.05, 0.1) is 18.2 Å². The van der Waals surface area contributed by atoms with E-state index < -0.39 is 22.7 Å². The molecule has 1 unspecified atom stereocenters. The zero-order chi connectivity index (χ0) is 14.8. The van der Waals surface area contributed by atoms with Gasteiger partial charge in [-0.05, 0) is 24.6 Å². The molecule has 0 aliphatic heterocycles. The fourth-order valence-electron chi connectivity index (χ4n) is 1.81. The van der Waals surface area contributed by atoms with Crippen LogP contribution < -0.4 is 4.72 Å². The molecule has 0 bridgehead atoms. The zero-order valence-electron chi connectivity index (χ0n) is 10.9. The van der Waals surface area contributed by atoms with Crippen LogP contribution in [0.1, 0.15) is 5.56 Å². The van der Waals surface area contributed by atoms with Crippen molar-refractivity contribution in [1.29, 1.82) is 0 Å². The number of pyridine rings is 1. The van der Waals surface area contributed by atoms with E-state index in [-0.39, 0.29) is 11.4 Å². The number of hydrogen-bond donors (Lipinski definition) is 3. The number of aliphatic hydroxyl groups excluding tert-OH is 2. The van der Waals surface area contributed by atoms with Gasteiger partial charge in [-0.2, -0.15) is 0 Å². The summed E-state index contributed by atoms with van der Waals surface area (Å²) in [5, 5.41) is 18.7. The fourth-order valence-corrected chi connectivity index (χ4v) is 3.06. The number of aromatic nitrogens is 1. The number of hydrogen-bond acceptors (Lipinski definition) is 5. The van der Waals surface area contributed by atoms with E-state index in [2.05, 4.69) is 9.71 Å². The second kappa shape index (κ2) is 5.84. The maximum atomic E-state index is 12.2. The average molecular weight is 296 g/mol. The number of nitrogens with zero attached hydrogens (tertiary/aromatic N) is 1. The van der Waals surface area contributed by atoms with E-state index in [1.165, 1.54) is 6.07 Å². The van der Waals surface area contributed by atoms with E-state index in [4.69, 9.17) is 5.11 Å². The predicted octanol–water partition coefficient (Wildman–Crippen LogP) is 0.175. The van der Waals surface area contributed by atoms with E-state index in [9.17, 15) is 13.5 Å². The minimum absolute atomic E-state index is 0.0557. The summed E-state index contributed by atoms with van der Waals surface area (Å²) in [5.74, 6) is 0. The first-order chi connectivity index (χ1) is 9.44. The van der Waals surface area contributed by atoms with E-state index in [1.807, 2.05) is 13.0 Å². The molecule has 7 heteroatoms. The van der Waals surface area contributed by atoms with Gasteiger partial charge in [0.2, 0.25) is 10.0 Å². The molecule has 1 atom stereocenters. The van der Waals surface area contributed by atoms with Crippen LogP contribution in [-0.4, -0.2) is 42.9 Å². The number of nitrogens with one attached hydrogen (secondary N) is 1. The monoisotopic (exact) mass is 296 g/mol. The molecule has 1 aromatic heterocycles. The smallest absolute Gasteiger partial charge is 0.242 e. The second-order valence-electron chi connectivity index (χ2n) is 4.53. The number of aryl methyl sites for hydroxylation is 1. The lowest BCUT2D eigenvalue weighted by molar-refractivity contribution is 0.0988. The van der Waals surface area contributed by atoms with Gasteiger partial charge in [0.15, 0.2) is 0 Å². The lowest BCUT2D eigenvalue weighted by Gasteiger charge is -2.11. The highest BCUT2D eigenvalue weighted by Crippen LogP contribution is 2.21. The Bertz CT molecular complexity index is 715. The summed E-state index contributed by atoms with van der Waals surface area (Å²) in [4.78, 5) is 4.22. The van der Waals surface area contributed by atoms with Gasteiger partial charge in [0.25, 0.3) is 0 Å². The molecule has 0 fully saturated rings. The summed E-state index contributed by atoms with van der Waals surface area (Å²) < 4.78 is 26.7. The first-order valence-electron chi connectivity index (χ1n) is 6.08. The van der Waals surface area contributed by atoms with Crippen molar-refractivity contribution in [1.82, 2.24) is 9.71 Å². The van der Waals surface area contributed by atoms with Gasteiger partial charge in [-0.1, -0.05) is 12.1 Å². The lowest BCUT2D eigenvalue weighted by Crippen LogP contribution is -2.34. The zero-order valence-corrected chi connectivity index (χ0v) is 11.8. The molecule has 2 rings (SSSR count). The van der Waals surface area contributed by atoms with Crippen molar-refractivity contribution >= 4 is 20.9 Å². The molecule has 0 saturated carbocycles. The largest absolute Gasteiger partial charge is 0.394 e. The van der Waals surface area contributed by atoms with Gasteiger partial charge < -0.3 is 10.2 Å². The number of fused-ring (bicyclic) bond motifs is 1. The molecule has 0 amide bonds. The van der Waals surface area contributed by atoms with Crippen molar-refractivity contribution in [3.8, 4) is 0 Å². The van der Waals surface area contributed by atoms with Gasteiger partial charge in [0, 0.05) is 18.1 Å². The maximum absolute atomic E-state index is 12.2. The highest BCUT2D eigenvalue weighted by Gasteiger charge is 2.19. The molecule has 108 valence electrons. The lowest BCUT2D eigenvalue weighted by atomic mass is 10.2. The third-order valence-electron chi connectivity index (χ3n) is 2.82. The minimum Gasteiger partial charge on any atom is -0.394 e. The molecule has 0 aliphatic rings. The molecule has 0 saturated heterocycles. The molecular weight excluding hydrogens is 280 g/mol. The van der Waals surface area contributed by atoms with Crippen LogP contribution in [-0.2, 0) is 10.0 Å². The van der Waals surface area contributed by atoms with Crippen LogP contribution in [0.15, 0.2) is 35.4 Å². The molecule has 6 nitrogen and oxygen atoms in total. The van der Waals surface area contributed by atoms with Crippen LogP contribution in [0.4, 0.5) is 0 Å². The molecular formula is C13H16N2O4S. The van der Waals surface area contributed by atoms with Gasteiger partial charge in [-0.3, -0.25) is 4.98 Å². The SMILES string of the molecule is Cc1cnc2c(S(=O)(=O)NCC(O)CO)cccc2c1. The highest BCUT2D eigenvalue weighted by molar-refractivity contribution is 7.89. The van der Waals surface area contributed by atoms with Gasteiger partial charge in [-0.15, -0.1) is 0 Å². The number of sulfonamides is 1. The van der Waals surface area contributed by atoms with Gasteiger partial charge in [-0.25, -0.2) is 13.1 Å². The van der Waals surface area contributed by atoms with Crippen molar-refractivity contribution in [3.05, 3.63) is 36.0 Å². The number of para-hydroxylation sites is 1. The Kier molecular flexibility index (Phi) is 4.34. The number of benzene rings is 1. The Morgan fingerprint density at radius 2 is 2.15 bits per heavy atom. The number of aliphatic hydroxyl groups is 2. The molecule has 0 aliphatic carbocycles. The van der Waals surface area contributed by atoms with Crippen LogP contribution in [0.2, 0.25) is 0 Å². The first kappa shape index (κ1) is 14.9. The Morgan fingerprint density at radius 3 is 2.85 bits per heavy atom. The van der Waals surface area contributed by atoms with E-state index in [1.54, 1.807) is 18.3 Å². The first-order valence-corrected chi connectivity index (χ1v) is 7.56. The Morgan fingerprint density at radius 1 is 1.40 bits per heavy atom. The summed E-state index contributed by atoms with van der Waals surface area (Å²) in [5.41, 5.74) is 1.32. The topological polar surface area (TPSA) is 99.5 Å². The van der Waals surface area contributed by atoms with E-state index >= 15 is 0 Å². The van der Waals surface area contributed by atoms with Gasteiger partial charge >= 0.3 is 0 Å². The quantitative estimate of drug-likeness (QED) is 0.730. The van der Waals surface area contributed by atoms with Crippen molar-refractivity contribution in [3.63, 3.8) is 0 Å². The summed E-state index contributed by atoms with van der Waals surface area (Å²) in [6, 6.07) is 6.74. The summed E-state index contributed by atoms with van der Waals surface area (Å²) >= 11 is 0. The molecule has 2 aromatic rings. The highest BCUT2D eigenvalue weighted by atomic mass is 32.2. The van der Waals surface area contributed by atoms with Crippen molar-refractivity contribution in [2.75, 3.05) is 13.2 Å². The van der Waals surface area contributed by atoms with Crippen LogP contribution in [0.25, 0.3) is 10.9 Å². The van der Waals surface area contributed by atoms with Crippen molar-refractivity contribution < 1.29 is 18.6 Å². The normalized spacial score (nSPS) is 13.6. The number of rotatable bonds is 5. The molecule has 0 spiro atoms. The second-order valence-corrected chi connectivity index (χ2v) is 6.26. The molecule has 1 heterocycles. The van der Waals surface area contributed by atoms with E-state index in [0.29, 0.717) is 5.52 Å². The van der Waals surface area contributed by atoms with Gasteiger partial charge in [0.1, 0.15) is 4.90 Å². The Hall–Kier alpha value is -1.54. The van der Waals surface area contributed by atoms with Crippen LogP contribution in [0, 0.1) is 6.92 Å². The average Bonchev–Trinajstić information content (AvgIpc) is 2.43. The third kappa shape index (κ3) is 3.13. The molecule has 3 N–H and O–H groups in total. The molecule has 20 heavy (non-hydrogen) atoms. The molecule has 1 aromatic carbocycles. The van der Waals surface area contributed by atoms with E-state index in [0.717, 1.165) is 10.9 Å². The molecule has 0 radical (unpaired) electrons. The minimum atomic E-state index is -3.79. The summed E-state index contributed by atoms with van der Waals surface area (Å²) in [7, 11) is -3.79. The Balaban J connectivity index is 2.41. The maximum Gasteiger partial charge on any atom is 0.242 e. The van der Waals surface area contributed by atoms with Crippen LogP contribution >= 0.6 is 0 Å². The predicted molar refractivity (Wildman–Crippen MR) is 74.8 cm³/mol.